The number of hydrogen-bond donors (Lipinski definition) is 1. The van der Waals surface area contributed by atoms with Crippen molar-refractivity contribution in [3.8, 4) is 0 Å². The minimum absolute atomic E-state index is 0.728. The topological polar surface area (TPSA) is 29.3 Å². The Morgan fingerprint density at radius 3 is 3.06 bits per heavy atom. The molecular weight excluding hydrogens is 196 g/mol. The quantitative estimate of drug-likeness (QED) is 0.731. The first-order chi connectivity index (χ1) is 7.79. The predicted octanol–water partition coefficient (Wildman–Crippen LogP) is 2.92. The van der Waals surface area contributed by atoms with E-state index in [2.05, 4.69) is 24.0 Å². The Morgan fingerprint density at radius 1 is 1.38 bits per heavy atom. The molecule has 0 spiro atoms. The second-order valence-corrected chi connectivity index (χ2v) is 5.10. The molecule has 1 unspecified atom stereocenters. The van der Waals surface area contributed by atoms with Gasteiger partial charge in [-0.25, -0.2) is 0 Å². The molecule has 0 aliphatic carbocycles. The van der Waals surface area contributed by atoms with Crippen molar-refractivity contribution in [1.29, 1.82) is 0 Å². The van der Waals surface area contributed by atoms with Crippen LogP contribution in [0.5, 0.6) is 0 Å². The molecule has 0 aromatic heterocycles. The molecule has 2 aliphatic heterocycles. The van der Waals surface area contributed by atoms with Crippen molar-refractivity contribution in [3.63, 3.8) is 0 Å². The van der Waals surface area contributed by atoms with E-state index in [1.807, 2.05) is 0 Å². The Balaban J connectivity index is 2.17. The van der Waals surface area contributed by atoms with E-state index in [9.17, 15) is 0 Å². The molecule has 1 aromatic rings. The van der Waals surface area contributed by atoms with Gasteiger partial charge < -0.3 is 10.6 Å². The third-order valence-corrected chi connectivity index (χ3v) is 4.11. The van der Waals surface area contributed by atoms with Crippen molar-refractivity contribution in [1.82, 2.24) is 0 Å². The second-order valence-electron chi connectivity index (χ2n) is 5.10. The van der Waals surface area contributed by atoms with Crippen molar-refractivity contribution in [2.75, 3.05) is 23.7 Å². The summed E-state index contributed by atoms with van der Waals surface area (Å²) in [4.78, 5) is 2.57. The number of aryl methyl sites for hydroxylation is 1. The molecule has 0 fully saturated rings. The summed E-state index contributed by atoms with van der Waals surface area (Å²) >= 11 is 0. The summed E-state index contributed by atoms with van der Waals surface area (Å²) in [6.45, 7) is 4.77. The highest BCUT2D eigenvalue weighted by molar-refractivity contribution is 5.68. The molecule has 0 saturated carbocycles. The highest BCUT2D eigenvalue weighted by atomic mass is 15.1. The summed E-state index contributed by atoms with van der Waals surface area (Å²) in [5, 5.41) is 0. The van der Waals surface area contributed by atoms with Crippen molar-refractivity contribution < 1.29 is 0 Å². The van der Waals surface area contributed by atoms with Gasteiger partial charge in [0.25, 0.3) is 0 Å². The molecule has 16 heavy (non-hydrogen) atoms. The summed E-state index contributed by atoms with van der Waals surface area (Å²) in [6.07, 6.45) is 5.03. The summed E-state index contributed by atoms with van der Waals surface area (Å²) < 4.78 is 0. The third-order valence-electron chi connectivity index (χ3n) is 4.11. The first kappa shape index (κ1) is 10.0. The van der Waals surface area contributed by atoms with E-state index in [0.717, 1.165) is 11.6 Å². The highest BCUT2D eigenvalue weighted by Gasteiger charge is 2.28. The molecule has 1 aromatic carbocycles. The van der Waals surface area contributed by atoms with Gasteiger partial charge in [0.05, 0.1) is 0 Å². The lowest BCUT2D eigenvalue weighted by molar-refractivity contribution is 0.542. The van der Waals surface area contributed by atoms with E-state index >= 15 is 0 Å². The molecule has 0 radical (unpaired) electrons. The van der Waals surface area contributed by atoms with Crippen molar-refractivity contribution in [2.45, 2.75) is 38.5 Å². The van der Waals surface area contributed by atoms with Crippen LogP contribution in [0.1, 0.15) is 43.2 Å². The normalized spacial score (nSPS) is 23.1. The molecule has 86 valence electrons. The maximum Gasteiger partial charge on any atom is 0.0435 e. The van der Waals surface area contributed by atoms with Crippen LogP contribution in [0.15, 0.2) is 12.1 Å². The third kappa shape index (κ3) is 1.40. The summed E-state index contributed by atoms with van der Waals surface area (Å²) in [6, 6.07) is 4.40. The maximum absolute atomic E-state index is 6.03. The predicted molar refractivity (Wildman–Crippen MR) is 69.0 cm³/mol. The van der Waals surface area contributed by atoms with Gasteiger partial charge in [0.1, 0.15) is 0 Å². The summed E-state index contributed by atoms with van der Waals surface area (Å²) in [5.41, 5.74) is 11.5. The number of nitrogens with zero attached hydrogens (tertiary/aromatic N) is 1. The largest absolute Gasteiger partial charge is 0.399 e. The Labute approximate surface area is 97.4 Å². The first-order valence-corrected chi connectivity index (χ1v) is 6.47. The van der Waals surface area contributed by atoms with Crippen LogP contribution in [0.2, 0.25) is 0 Å². The molecule has 3 rings (SSSR count). The Bertz CT molecular complexity index is 411. The van der Waals surface area contributed by atoms with Gasteiger partial charge in [0.2, 0.25) is 0 Å². The number of rotatable bonds is 1. The van der Waals surface area contributed by atoms with E-state index in [0.29, 0.717) is 0 Å². The number of nitrogen functional groups attached to an aromatic ring is 1. The van der Waals surface area contributed by atoms with E-state index in [1.54, 1.807) is 0 Å². The van der Waals surface area contributed by atoms with Crippen LogP contribution < -0.4 is 10.6 Å². The molecule has 2 aliphatic rings. The zero-order chi connectivity index (χ0) is 11.1. The summed E-state index contributed by atoms with van der Waals surface area (Å²) in [5.74, 6) is 0.728. The van der Waals surface area contributed by atoms with Crippen molar-refractivity contribution in [3.05, 3.63) is 23.3 Å². The molecule has 2 heterocycles. The van der Waals surface area contributed by atoms with Gasteiger partial charge >= 0.3 is 0 Å². The monoisotopic (exact) mass is 216 g/mol. The average molecular weight is 216 g/mol. The first-order valence-electron chi connectivity index (χ1n) is 6.47. The Kier molecular flexibility index (Phi) is 2.31. The van der Waals surface area contributed by atoms with E-state index < -0.39 is 0 Å². The zero-order valence-corrected chi connectivity index (χ0v) is 10.00. The molecule has 2 N–H and O–H groups in total. The van der Waals surface area contributed by atoms with Crippen LogP contribution in [0, 0.1) is 0 Å². The van der Waals surface area contributed by atoms with Crippen LogP contribution in [-0.2, 0) is 6.42 Å². The molecule has 2 nitrogen and oxygen atoms in total. The van der Waals surface area contributed by atoms with Gasteiger partial charge in [-0.3, -0.25) is 0 Å². The van der Waals surface area contributed by atoms with Gasteiger partial charge in [0, 0.05) is 24.5 Å². The Hall–Kier alpha value is -1.18. The Morgan fingerprint density at radius 2 is 2.25 bits per heavy atom. The SMILES string of the molecule is CCC1CCN2CCCc3cc(N)cc1c32. The lowest BCUT2D eigenvalue weighted by atomic mass is 9.83. The molecule has 0 bridgehead atoms. The van der Waals surface area contributed by atoms with Crippen molar-refractivity contribution >= 4 is 11.4 Å². The van der Waals surface area contributed by atoms with Gasteiger partial charge in [-0.2, -0.15) is 0 Å². The zero-order valence-electron chi connectivity index (χ0n) is 10.00. The fraction of sp³-hybridized carbons (Fsp3) is 0.571. The smallest absolute Gasteiger partial charge is 0.0435 e. The van der Waals surface area contributed by atoms with E-state index in [1.165, 1.54) is 55.6 Å². The number of nitrogens with two attached hydrogens (primary N) is 1. The van der Waals surface area contributed by atoms with Crippen LogP contribution in [0.4, 0.5) is 11.4 Å². The average Bonchev–Trinajstić information content (AvgIpc) is 2.29. The van der Waals surface area contributed by atoms with Gasteiger partial charge in [0.15, 0.2) is 0 Å². The maximum atomic E-state index is 6.03. The highest BCUT2D eigenvalue weighted by Crippen LogP contribution is 2.42. The van der Waals surface area contributed by atoms with E-state index in [4.69, 9.17) is 5.73 Å². The molecule has 1 atom stereocenters. The fourth-order valence-electron chi connectivity index (χ4n) is 3.32. The van der Waals surface area contributed by atoms with Gasteiger partial charge in [-0.05, 0) is 54.9 Å². The second kappa shape index (κ2) is 3.69. The van der Waals surface area contributed by atoms with Crippen LogP contribution >= 0.6 is 0 Å². The lowest BCUT2D eigenvalue weighted by Crippen LogP contribution is -2.35. The standard InChI is InChI=1S/C14H20N2/c1-2-10-5-7-16-6-3-4-11-8-12(15)9-13(10)14(11)16/h8-10H,2-7,15H2,1H3. The van der Waals surface area contributed by atoms with Crippen LogP contribution in [0.25, 0.3) is 0 Å². The molecule has 2 heteroatoms. The minimum atomic E-state index is 0.728. The fourth-order valence-corrected chi connectivity index (χ4v) is 3.32. The molecule has 0 amide bonds. The van der Waals surface area contributed by atoms with Gasteiger partial charge in [-0.15, -0.1) is 0 Å². The van der Waals surface area contributed by atoms with E-state index in [-0.39, 0.29) is 0 Å². The minimum Gasteiger partial charge on any atom is -0.399 e. The number of hydrogen-bond acceptors (Lipinski definition) is 2. The van der Waals surface area contributed by atoms with Crippen molar-refractivity contribution in [2.24, 2.45) is 0 Å². The van der Waals surface area contributed by atoms with Crippen LogP contribution in [-0.4, -0.2) is 13.1 Å². The molecule has 0 saturated heterocycles. The summed E-state index contributed by atoms with van der Waals surface area (Å²) in [7, 11) is 0. The van der Waals surface area contributed by atoms with Crippen LogP contribution in [0.3, 0.4) is 0 Å². The number of benzene rings is 1. The number of anilines is 2. The van der Waals surface area contributed by atoms with Gasteiger partial charge in [-0.1, -0.05) is 6.92 Å². The molecular formula is C14H20N2. The lowest BCUT2D eigenvalue weighted by Gasteiger charge is -2.40.